The number of unbranched alkanes of at least 4 members (excludes halogenated alkanes) is 11. The summed E-state index contributed by atoms with van der Waals surface area (Å²) >= 11 is 2.05. The summed E-state index contributed by atoms with van der Waals surface area (Å²) in [5.74, 6) is 1.17. The number of aromatic amines is 1. The molecule has 2 heterocycles. The van der Waals surface area contributed by atoms with Gasteiger partial charge in [0.25, 0.3) is 5.56 Å². The largest absolute Gasteiger partial charge is 0.472 e. The van der Waals surface area contributed by atoms with E-state index in [2.05, 4.69) is 25.8 Å². The van der Waals surface area contributed by atoms with Crippen molar-refractivity contribution in [2.45, 2.75) is 161 Å². The minimum atomic E-state index is -4.26. The first-order valence-electron chi connectivity index (χ1n) is 17.5. The third-order valence-corrected chi connectivity index (χ3v) is 10.9. The van der Waals surface area contributed by atoms with Crippen LogP contribution in [0.4, 0.5) is 0 Å². The van der Waals surface area contributed by atoms with Gasteiger partial charge in [0.05, 0.1) is 25.4 Å². The second-order valence-corrected chi connectivity index (χ2v) is 15.2. The molecule has 0 spiro atoms. The third-order valence-electron chi connectivity index (χ3n) is 8.33. The highest BCUT2D eigenvalue weighted by Gasteiger charge is 2.31. The highest BCUT2D eigenvalue weighted by atomic mass is 32.2. The molecule has 12 heteroatoms. The molecule has 45 heavy (non-hydrogen) atoms. The van der Waals surface area contributed by atoms with Crippen molar-refractivity contribution in [3.05, 3.63) is 32.6 Å². The lowest BCUT2D eigenvalue weighted by Crippen LogP contribution is -2.33. The maximum absolute atomic E-state index is 12.4. The van der Waals surface area contributed by atoms with Crippen molar-refractivity contribution in [2.24, 2.45) is 0 Å². The van der Waals surface area contributed by atoms with Crippen molar-refractivity contribution in [1.29, 1.82) is 0 Å². The van der Waals surface area contributed by atoms with E-state index in [4.69, 9.17) is 18.5 Å². The number of hydrogen-bond donors (Lipinski definition) is 2. The minimum Gasteiger partial charge on any atom is -0.377 e. The van der Waals surface area contributed by atoms with E-state index in [0.29, 0.717) is 36.7 Å². The van der Waals surface area contributed by atoms with Crippen molar-refractivity contribution in [1.82, 2.24) is 9.55 Å². The molecule has 1 aromatic heterocycles. The molecule has 0 bridgehead atoms. The summed E-state index contributed by atoms with van der Waals surface area (Å²) < 4.78 is 36.1. The number of aromatic nitrogens is 2. The summed E-state index contributed by atoms with van der Waals surface area (Å²) in [6.07, 6.45) is 20.2. The predicted octanol–water partition coefficient (Wildman–Crippen LogP) is 8.05. The molecule has 1 saturated heterocycles. The van der Waals surface area contributed by atoms with Crippen molar-refractivity contribution in [2.75, 3.05) is 25.6 Å². The Labute approximate surface area is 275 Å². The Morgan fingerprint density at radius 3 is 2.29 bits per heavy atom. The van der Waals surface area contributed by atoms with Crippen LogP contribution in [0.1, 0.15) is 142 Å². The van der Waals surface area contributed by atoms with Crippen LogP contribution in [0.15, 0.2) is 15.8 Å². The van der Waals surface area contributed by atoms with Crippen LogP contribution < -0.4 is 11.2 Å². The smallest absolute Gasteiger partial charge is 0.377 e. The molecule has 2 N–H and O–H groups in total. The Balaban J connectivity index is 1.65. The van der Waals surface area contributed by atoms with Gasteiger partial charge in [-0.05, 0) is 51.7 Å². The number of rotatable bonds is 27. The summed E-state index contributed by atoms with van der Waals surface area (Å²) in [4.78, 5) is 36.2. The highest BCUT2D eigenvalue weighted by Crippen LogP contribution is 2.44. The van der Waals surface area contributed by atoms with Gasteiger partial charge in [-0.1, -0.05) is 90.9 Å². The Morgan fingerprint density at radius 2 is 1.60 bits per heavy atom. The average Bonchev–Trinajstić information content (AvgIpc) is 3.48. The van der Waals surface area contributed by atoms with Crippen LogP contribution in [0.25, 0.3) is 0 Å². The van der Waals surface area contributed by atoms with Crippen molar-refractivity contribution < 1.29 is 28.0 Å². The van der Waals surface area contributed by atoms with Crippen LogP contribution in [-0.4, -0.2) is 57.5 Å². The molecule has 0 radical (unpaired) electrons. The molecule has 1 aromatic rings. The summed E-state index contributed by atoms with van der Waals surface area (Å²) in [5, 5.41) is 0.454. The van der Waals surface area contributed by atoms with Gasteiger partial charge < -0.3 is 14.4 Å². The summed E-state index contributed by atoms with van der Waals surface area (Å²) in [6, 6.07) is 0. The van der Waals surface area contributed by atoms with Gasteiger partial charge in [0.2, 0.25) is 0 Å². The van der Waals surface area contributed by atoms with Gasteiger partial charge in [0.1, 0.15) is 6.23 Å². The summed E-state index contributed by atoms with van der Waals surface area (Å²) in [7, 11) is -4.26. The van der Waals surface area contributed by atoms with Gasteiger partial charge in [-0.2, -0.15) is 11.8 Å². The molecule has 3 unspecified atom stereocenters. The van der Waals surface area contributed by atoms with Crippen LogP contribution in [0.5, 0.6) is 0 Å². The molecule has 5 atom stereocenters. The first-order valence-corrected chi connectivity index (χ1v) is 20.0. The monoisotopic (exact) mass is 676 g/mol. The predicted molar refractivity (Wildman–Crippen MR) is 183 cm³/mol. The molecule has 0 aromatic carbocycles. The van der Waals surface area contributed by atoms with Crippen LogP contribution in [0.2, 0.25) is 0 Å². The molecule has 1 aliphatic heterocycles. The molecule has 1 fully saturated rings. The maximum atomic E-state index is 12.4. The second-order valence-electron chi connectivity index (χ2n) is 12.4. The maximum Gasteiger partial charge on any atom is 0.472 e. The van der Waals surface area contributed by atoms with Gasteiger partial charge in [-0.15, -0.1) is 0 Å². The van der Waals surface area contributed by atoms with E-state index in [-0.39, 0.29) is 19.3 Å². The number of nitrogens with zero attached hydrogens (tertiary/aromatic N) is 1. The number of phosphoric acid groups is 1. The van der Waals surface area contributed by atoms with E-state index in [9.17, 15) is 19.0 Å². The number of thioether (sulfide) groups is 1. The normalized spacial score (nSPS) is 19.5. The Bertz CT molecular complexity index is 1080. The zero-order valence-corrected chi connectivity index (χ0v) is 30.1. The zero-order chi connectivity index (χ0) is 32.9. The van der Waals surface area contributed by atoms with Gasteiger partial charge in [-0.3, -0.25) is 23.4 Å². The molecular formula is C33H61N2O8PS. The van der Waals surface area contributed by atoms with E-state index in [1.165, 1.54) is 100.0 Å². The van der Waals surface area contributed by atoms with Gasteiger partial charge in [-0.25, -0.2) is 9.36 Å². The van der Waals surface area contributed by atoms with E-state index in [0.717, 1.165) is 6.42 Å². The van der Waals surface area contributed by atoms with E-state index in [1.54, 1.807) is 6.92 Å². The molecule has 2 rings (SSSR count). The molecule has 10 nitrogen and oxygen atoms in total. The quantitative estimate of drug-likeness (QED) is 0.0702. The van der Waals surface area contributed by atoms with E-state index < -0.39 is 31.4 Å². The topological polar surface area (TPSA) is 129 Å². The SMILES string of the molecule is CCCCCCCCCCSC(CCCCCCC)C(C)OCCCOP(=O)(O)OC[C@@H]1CC[C@H](n2cc(C)c(=O)[nH]c2=O)O1. The number of nitrogens with one attached hydrogen (secondary N) is 1. The van der Waals surface area contributed by atoms with Crippen LogP contribution in [-0.2, 0) is 23.1 Å². The Morgan fingerprint density at radius 1 is 0.956 bits per heavy atom. The summed E-state index contributed by atoms with van der Waals surface area (Å²) in [5.41, 5.74) is -0.580. The fourth-order valence-corrected chi connectivity index (χ4v) is 7.66. The molecule has 262 valence electrons. The first-order chi connectivity index (χ1) is 21.7. The van der Waals surface area contributed by atoms with E-state index >= 15 is 0 Å². The number of aryl methyl sites for hydroxylation is 1. The number of ether oxygens (including phenoxy) is 2. The zero-order valence-electron chi connectivity index (χ0n) is 28.3. The second kappa shape index (κ2) is 23.4. The number of H-pyrrole nitrogens is 1. The first kappa shape index (κ1) is 40.2. The van der Waals surface area contributed by atoms with Gasteiger partial charge in [0, 0.05) is 23.6 Å². The molecule has 1 aliphatic rings. The summed E-state index contributed by atoms with van der Waals surface area (Å²) in [6.45, 7) is 8.63. The van der Waals surface area contributed by atoms with E-state index in [1.807, 2.05) is 11.8 Å². The van der Waals surface area contributed by atoms with Crippen molar-refractivity contribution in [3.8, 4) is 0 Å². The molecule has 0 aliphatic carbocycles. The minimum absolute atomic E-state index is 0.0494. The molecule has 0 saturated carbocycles. The van der Waals surface area contributed by atoms with Gasteiger partial charge in [0.15, 0.2) is 0 Å². The molecule has 0 amide bonds. The molecular weight excluding hydrogens is 615 g/mol. The average molecular weight is 677 g/mol. The van der Waals surface area contributed by atoms with Crippen LogP contribution >= 0.6 is 19.6 Å². The van der Waals surface area contributed by atoms with Crippen molar-refractivity contribution in [3.63, 3.8) is 0 Å². The number of hydrogen-bond acceptors (Lipinski definition) is 8. The van der Waals surface area contributed by atoms with Crippen LogP contribution in [0, 0.1) is 6.92 Å². The lowest BCUT2D eigenvalue weighted by Gasteiger charge is -2.24. The number of phosphoric ester groups is 1. The van der Waals surface area contributed by atoms with Gasteiger partial charge >= 0.3 is 13.5 Å². The Kier molecular flexibility index (Phi) is 20.9. The van der Waals surface area contributed by atoms with Crippen molar-refractivity contribution >= 4 is 19.6 Å². The van der Waals surface area contributed by atoms with Crippen LogP contribution in [0.3, 0.4) is 0 Å². The highest BCUT2D eigenvalue weighted by molar-refractivity contribution is 7.99. The fourth-order valence-electron chi connectivity index (χ4n) is 5.52. The lowest BCUT2D eigenvalue weighted by molar-refractivity contribution is -0.0265. The third kappa shape index (κ3) is 17.2. The Hall–Kier alpha value is -0.940. The standard InChI is InChI=1S/C33H61N2O8PS/c1-5-7-9-11-12-13-15-17-24-45-30(19-16-14-10-8-6-2)28(4)40-22-18-23-41-44(38,39)42-26-29-20-21-31(43-29)35-25-27(3)32(36)34-33(35)37/h25,28-31H,5-24,26H2,1-4H3,(H,38,39)(H,34,36,37)/t28?,29-,30?,31+/m0/s1. The fraction of sp³-hybridized carbons (Fsp3) is 0.879. The lowest BCUT2D eigenvalue weighted by atomic mass is 10.1.